The van der Waals surface area contributed by atoms with Gasteiger partial charge in [-0.1, -0.05) is 79.5 Å². The van der Waals surface area contributed by atoms with E-state index >= 15 is 0 Å². The molecule has 3 aromatic carbocycles. The van der Waals surface area contributed by atoms with E-state index in [1.807, 2.05) is 72.8 Å². The summed E-state index contributed by atoms with van der Waals surface area (Å²) in [6, 6.07) is 23.2. The lowest BCUT2D eigenvalue weighted by molar-refractivity contribution is 0.0719. The fourth-order valence-corrected chi connectivity index (χ4v) is 3.34. The van der Waals surface area contributed by atoms with E-state index in [0.29, 0.717) is 23.3 Å². The molecule has 4 heteroatoms. The van der Waals surface area contributed by atoms with Crippen molar-refractivity contribution in [3.05, 3.63) is 100 Å². The summed E-state index contributed by atoms with van der Waals surface area (Å²) in [5, 5.41) is 1.26. The molecule has 0 fully saturated rings. The molecule has 0 atom stereocenters. The van der Waals surface area contributed by atoms with Gasteiger partial charge in [-0.25, -0.2) is 0 Å². The first-order chi connectivity index (χ1) is 13.9. The maximum absolute atomic E-state index is 6.06. The summed E-state index contributed by atoms with van der Waals surface area (Å²) in [7, 11) is 0. The van der Waals surface area contributed by atoms with E-state index < -0.39 is 0 Å². The van der Waals surface area contributed by atoms with Gasteiger partial charge in [0.1, 0.15) is 11.5 Å². The van der Waals surface area contributed by atoms with Gasteiger partial charge in [0.2, 0.25) is 0 Å². The second-order valence-electron chi connectivity index (χ2n) is 7.58. The monoisotopic (exact) mass is 426 g/mol. The summed E-state index contributed by atoms with van der Waals surface area (Å²) in [6.45, 7) is 5.36. The van der Waals surface area contributed by atoms with Crippen LogP contribution in [0.3, 0.4) is 0 Å². The van der Waals surface area contributed by atoms with Gasteiger partial charge in [0.25, 0.3) is 0 Å². The number of para-hydroxylation sites is 1. The van der Waals surface area contributed by atoms with E-state index in [1.165, 1.54) is 0 Å². The SMILES string of the molecule is CC(C)(/C=C/c1cc(Cl)cc(Cl)c1)COCc1cccc(Oc2ccccc2)c1. The first-order valence-corrected chi connectivity index (χ1v) is 10.2. The third-order valence-electron chi connectivity index (χ3n) is 4.23. The van der Waals surface area contributed by atoms with E-state index in [4.69, 9.17) is 32.7 Å². The number of hydrogen-bond acceptors (Lipinski definition) is 2. The third-order valence-corrected chi connectivity index (χ3v) is 4.67. The molecule has 0 amide bonds. The van der Waals surface area contributed by atoms with Crippen LogP contribution in [0.4, 0.5) is 0 Å². The maximum atomic E-state index is 6.06. The van der Waals surface area contributed by atoms with Gasteiger partial charge >= 0.3 is 0 Å². The molecule has 2 nitrogen and oxygen atoms in total. The molecule has 0 aliphatic rings. The van der Waals surface area contributed by atoms with Gasteiger partial charge in [0.05, 0.1) is 13.2 Å². The Hall–Kier alpha value is -2.26. The van der Waals surface area contributed by atoms with Crippen LogP contribution in [0.15, 0.2) is 78.9 Å². The molecule has 0 aliphatic heterocycles. The van der Waals surface area contributed by atoms with Crippen molar-refractivity contribution in [2.24, 2.45) is 5.41 Å². The van der Waals surface area contributed by atoms with E-state index in [-0.39, 0.29) is 5.41 Å². The van der Waals surface area contributed by atoms with Crippen molar-refractivity contribution in [2.75, 3.05) is 6.61 Å². The van der Waals surface area contributed by atoms with Crippen LogP contribution in [-0.2, 0) is 11.3 Å². The van der Waals surface area contributed by atoms with Gasteiger partial charge in [-0.3, -0.25) is 0 Å². The fraction of sp³-hybridized carbons (Fsp3) is 0.200. The molecule has 0 N–H and O–H groups in total. The molecular formula is C25H24Cl2O2. The summed E-state index contributed by atoms with van der Waals surface area (Å²) in [5.41, 5.74) is 1.91. The highest BCUT2D eigenvalue weighted by atomic mass is 35.5. The van der Waals surface area contributed by atoms with Crippen LogP contribution in [0, 0.1) is 5.41 Å². The average molecular weight is 427 g/mol. The van der Waals surface area contributed by atoms with Crippen LogP contribution in [0.5, 0.6) is 11.5 Å². The van der Waals surface area contributed by atoms with Crippen molar-refractivity contribution in [3.8, 4) is 11.5 Å². The fourth-order valence-electron chi connectivity index (χ4n) is 2.80. The number of rotatable bonds is 8. The molecule has 0 saturated carbocycles. The molecule has 0 aromatic heterocycles. The van der Waals surface area contributed by atoms with E-state index in [0.717, 1.165) is 22.6 Å². The van der Waals surface area contributed by atoms with Crippen molar-refractivity contribution in [1.82, 2.24) is 0 Å². The van der Waals surface area contributed by atoms with Crippen LogP contribution in [-0.4, -0.2) is 6.61 Å². The zero-order valence-corrected chi connectivity index (χ0v) is 18.1. The topological polar surface area (TPSA) is 18.5 Å². The van der Waals surface area contributed by atoms with Gasteiger partial charge < -0.3 is 9.47 Å². The molecule has 3 rings (SSSR count). The minimum Gasteiger partial charge on any atom is -0.457 e. The van der Waals surface area contributed by atoms with Crippen molar-refractivity contribution in [1.29, 1.82) is 0 Å². The molecule has 0 spiro atoms. The molecular weight excluding hydrogens is 403 g/mol. The Morgan fingerprint density at radius 1 is 0.828 bits per heavy atom. The highest BCUT2D eigenvalue weighted by Crippen LogP contribution is 2.25. The Balaban J connectivity index is 1.54. The lowest BCUT2D eigenvalue weighted by Gasteiger charge is -2.20. The van der Waals surface area contributed by atoms with Crippen molar-refractivity contribution >= 4 is 29.3 Å². The second-order valence-corrected chi connectivity index (χ2v) is 8.45. The smallest absolute Gasteiger partial charge is 0.127 e. The molecule has 0 saturated heterocycles. The molecule has 0 heterocycles. The standard InChI is InChI=1S/C25H24Cl2O2/c1-25(2,12-11-19-13-21(26)16-22(27)14-19)18-28-17-20-7-6-10-24(15-20)29-23-8-4-3-5-9-23/h3-16H,17-18H2,1-2H3/b12-11+. The van der Waals surface area contributed by atoms with Crippen LogP contribution in [0.1, 0.15) is 25.0 Å². The van der Waals surface area contributed by atoms with Gasteiger partial charge in [0, 0.05) is 15.5 Å². The predicted molar refractivity (Wildman–Crippen MR) is 122 cm³/mol. The van der Waals surface area contributed by atoms with Crippen LogP contribution < -0.4 is 4.74 Å². The Labute approximate surface area is 182 Å². The summed E-state index contributed by atoms with van der Waals surface area (Å²) in [6.07, 6.45) is 4.14. The largest absolute Gasteiger partial charge is 0.457 e. The van der Waals surface area contributed by atoms with Gasteiger partial charge in [-0.15, -0.1) is 0 Å². The zero-order chi connectivity index (χ0) is 20.7. The van der Waals surface area contributed by atoms with Crippen LogP contribution in [0.25, 0.3) is 6.08 Å². The minimum atomic E-state index is -0.132. The Kier molecular flexibility index (Phi) is 7.38. The number of benzene rings is 3. The summed E-state index contributed by atoms with van der Waals surface area (Å²) in [4.78, 5) is 0. The first kappa shape index (κ1) is 21.4. The number of ether oxygens (including phenoxy) is 2. The molecule has 29 heavy (non-hydrogen) atoms. The van der Waals surface area contributed by atoms with Gasteiger partial charge in [-0.05, 0) is 53.6 Å². The number of hydrogen-bond donors (Lipinski definition) is 0. The Morgan fingerprint density at radius 3 is 2.24 bits per heavy atom. The van der Waals surface area contributed by atoms with Gasteiger partial charge in [-0.2, -0.15) is 0 Å². The second kappa shape index (κ2) is 9.98. The van der Waals surface area contributed by atoms with Crippen molar-refractivity contribution < 1.29 is 9.47 Å². The average Bonchev–Trinajstić information content (AvgIpc) is 2.67. The quantitative estimate of drug-likeness (QED) is 0.362. The molecule has 0 radical (unpaired) electrons. The highest BCUT2D eigenvalue weighted by molar-refractivity contribution is 6.34. The van der Waals surface area contributed by atoms with E-state index in [9.17, 15) is 0 Å². The summed E-state index contributed by atoms with van der Waals surface area (Å²) < 4.78 is 11.9. The Morgan fingerprint density at radius 2 is 1.52 bits per heavy atom. The van der Waals surface area contributed by atoms with E-state index in [2.05, 4.69) is 19.9 Å². The zero-order valence-electron chi connectivity index (χ0n) is 16.6. The molecule has 150 valence electrons. The molecule has 0 bridgehead atoms. The lowest BCUT2D eigenvalue weighted by Crippen LogP contribution is -2.16. The van der Waals surface area contributed by atoms with Crippen LogP contribution in [0.2, 0.25) is 10.0 Å². The lowest BCUT2D eigenvalue weighted by atomic mass is 9.93. The Bertz CT molecular complexity index is 945. The van der Waals surface area contributed by atoms with Gasteiger partial charge in [0.15, 0.2) is 0 Å². The number of halogens is 2. The molecule has 0 unspecified atom stereocenters. The van der Waals surface area contributed by atoms with Crippen LogP contribution >= 0.6 is 23.2 Å². The molecule has 3 aromatic rings. The third kappa shape index (κ3) is 7.25. The molecule has 0 aliphatic carbocycles. The summed E-state index contributed by atoms with van der Waals surface area (Å²) in [5.74, 6) is 1.62. The summed E-state index contributed by atoms with van der Waals surface area (Å²) >= 11 is 12.1. The first-order valence-electron chi connectivity index (χ1n) is 9.45. The predicted octanol–water partition coefficient (Wildman–Crippen LogP) is 8.04. The maximum Gasteiger partial charge on any atom is 0.127 e. The van der Waals surface area contributed by atoms with Crippen molar-refractivity contribution in [3.63, 3.8) is 0 Å². The van der Waals surface area contributed by atoms with E-state index in [1.54, 1.807) is 6.07 Å². The minimum absolute atomic E-state index is 0.132. The normalized spacial score (nSPS) is 11.7. The highest BCUT2D eigenvalue weighted by Gasteiger charge is 2.14. The van der Waals surface area contributed by atoms with Crippen molar-refractivity contribution in [2.45, 2.75) is 20.5 Å².